The van der Waals surface area contributed by atoms with Crippen molar-refractivity contribution < 1.29 is 5.11 Å². The van der Waals surface area contributed by atoms with Crippen LogP contribution < -0.4 is 11.1 Å². The zero-order chi connectivity index (χ0) is 7.19. The Kier molecular flexibility index (Phi) is 1.27. The van der Waals surface area contributed by atoms with Gasteiger partial charge in [-0.15, -0.1) is 0 Å². The normalized spacial score (nSPS) is 48.0. The van der Waals surface area contributed by atoms with Crippen LogP contribution in [0, 0.1) is 5.92 Å². The second-order valence-corrected chi connectivity index (χ2v) is 3.63. The average molecular weight is 142 g/mol. The number of hydrogen-bond acceptors (Lipinski definition) is 3. The van der Waals surface area contributed by atoms with E-state index >= 15 is 0 Å². The lowest BCUT2D eigenvalue weighted by Crippen LogP contribution is -2.64. The van der Waals surface area contributed by atoms with E-state index in [1.165, 1.54) is 0 Å². The number of nitrogens with one attached hydrogen (secondary N) is 1. The predicted molar refractivity (Wildman–Crippen MR) is 38.5 cm³/mol. The fourth-order valence-electron chi connectivity index (χ4n) is 1.85. The second-order valence-electron chi connectivity index (χ2n) is 3.63. The van der Waals surface area contributed by atoms with Gasteiger partial charge in [-0.1, -0.05) is 0 Å². The van der Waals surface area contributed by atoms with Gasteiger partial charge in [0.1, 0.15) is 0 Å². The molecular weight excluding hydrogens is 128 g/mol. The molecule has 0 aromatic carbocycles. The predicted octanol–water partition coefficient (Wildman–Crippen LogP) is -0.942. The first kappa shape index (κ1) is 6.58. The van der Waals surface area contributed by atoms with E-state index in [-0.39, 0.29) is 6.04 Å². The third kappa shape index (κ3) is 0.779. The highest BCUT2D eigenvalue weighted by Gasteiger charge is 2.48. The minimum atomic E-state index is -0.398. The van der Waals surface area contributed by atoms with E-state index in [1.54, 1.807) is 0 Å². The molecule has 58 valence electrons. The van der Waals surface area contributed by atoms with Crippen LogP contribution in [0.1, 0.15) is 12.8 Å². The van der Waals surface area contributed by atoms with Crippen LogP contribution in [-0.2, 0) is 0 Å². The van der Waals surface area contributed by atoms with Gasteiger partial charge in [0.2, 0.25) is 0 Å². The van der Waals surface area contributed by atoms with Crippen LogP contribution in [0.5, 0.6) is 0 Å². The van der Waals surface area contributed by atoms with Gasteiger partial charge in [0.15, 0.2) is 0 Å². The number of rotatable bonds is 1. The van der Waals surface area contributed by atoms with Gasteiger partial charge < -0.3 is 16.2 Å². The summed E-state index contributed by atoms with van der Waals surface area (Å²) in [6.45, 7) is 1.95. The molecule has 2 rings (SSSR count). The zero-order valence-corrected chi connectivity index (χ0v) is 6.01. The molecule has 3 nitrogen and oxygen atoms in total. The summed E-state index contributed by atoms with van der Waals surface area (Å²) in [5, 5.41) is 12.9. The summed E-state index contributed by atoms with van der Waals surface area (Å²) in [7, 11) is 0. The van der Waals surface area contributed by atoms with Gasteiger partial charge in [0.25, 0.3) is 0 Å². The molecule has 10 heavy (non-hydrogen) atoms. The highest BCUT2D eigenvalue weighted by molar-refractivity contribution is 5.04. The van der Waals surface area contributed by atoms with Crippen molar-refractivity contribution in [3.63, 3.8) is 0 Å². The number of aliphatic hydroxyl groups is 1. The van der Waals surface area contributed by atoms with Gasteiger partial charge in [0, 0.05) is 25.0 Å². The maximum atomic E-state index is 9.78. The summed E-state index contributed by atoms with van der Waals surface area (Å²) in [5.41, 5.74) is 5.19. The fourth-order valence-corrected chi connectivity index (χ4v) is 1.85. The standard InChI is InChI=1S/C7H14N2O/c8-6-1-7(10,2-6)5-3-9-4-5/h5-6,9-10H,1-4,8H2. The van der Waals surface area contributed by atoms with E-state index < -0.39 is 5.60 Å². The van der Waals surface area contributed by atoms with E-state index in [0.717, 1.165) is 25.9 Å². The molecule has 0 bridgehead atoms. The third-order valence-electron chi connectivity index (χ3n) is 2.77. The van der Waals surface area contributed by atoms with Crippen LogP contribution in [-0.4, -0.2) is 29.8 Å². The molecule has 1 aliphatic heterocycles. The minimum absolute atomic E-state index is 0.255. The van der Waals surface area contributed by atoms with Crippen molar-refractivity contribution in [2.45, 2.75) is 24.5 Å². The Labute approximate surface area is 60.6 Å². The molecule has 1 heterocycles. The van der Waals surface area contributed by atoms with E-state index in [4.69, 9.17) is 5.73 Å². The van der Waals surface area contributed by atoms with Gasteiger partial charge in [-0.05, 0) is 12.8 Å². The first-order valence-electron chi connectivity index (χ1n) is 3.89. The Hall–Kier alpha value is -0.120. The maximum absolute atomic E-state index is 9.78. The SMILES string of the molecule is NC1CC(O)(C2CNC2)C1. The number of nitrogens with two attached hydrogens (primary N) is 1. The van der Waals surface area contributed by atoms with Gasteiger partial charge in [-0.3, -0.25) is 0 Å². The van der Waals surface area contributed by atoms with Crippen LogP contribution in [0.15, 0.2) is 0 Å². The lowest BCUT2D eigenvalue weighted by Gasteiger charge is -2.50. The highest BCUT2D eigenvalue weighted by atomic mass is 16.3. The molecule has 1 saturated heterocycles. The fraction of sp³-hybridized carbons (Fsp3) is 1.00. The molecule has 0 amide bonds. The first-order chi connectivity index (χ1) is 4.71. The molecule has 2 fully saturated rings. The highest BCUT2D eigenvalue weighted by Crippen LogP contribution is 2.38. The summed E-state index contributed by atoms with van der Waals surface area (Å²) in [4.78, 5) is 0. The molecule has 1 aliphatic carbocycles. The number of hydrogen-bond donors (Lipinski definition) is 3. The lowest BCUT2D eigenvalue weighted by molar-refractivity contribution is -0.109. The molecule has 0 unspecified atom stereocenters. The maximum Gasteiger partial charge on any atom is 0.0729 e. The van der Waals surface area contributed by atoms with E-state index in [9.17, 15) is 5.11 Å². The molecule has 4 N–H and O–H groups in total. The minimum Gasteiger partial charge on any atom is -0.389 e. The molecule has 0 aromatic heterocycles. The smallest absolute Gasteiger partial charge is 0.0729 e. The van der Waals surface area contributed by atoms with Crippen LogP contribution in [0.4, 0.5) is 0 Å². The van der Waals surface area contributed by atoms with E-state index in [2.05, 4.69) is 5.32 Å². The molecular formula is C7H14N2O. The van der Waals surface area contributed by atoms with Crippen molar-refractivity contribution in [2.24, 2.45) is 11.7 Å². The molecule has 0 aromatic rings. The Morgan fingerprint density at radius 1 is 1.40 bits per heavy atom. The summed E-state index contributed by atoms with van der Waals surface area (Å²) in [5.74, 6) is 0.479. The van der Waals surface area contributed by atoms with Crippen molar-refractivity contribution >= 4 is 0 Å². The van der Waals surface area contributed by atoms with Crippen LogP contribution in [0.3, 0.4) is 0 Å². The van der Waals surface area contributed by atoms with Crippen LogP contribution in [0.25, 0.3) is 0 Å². The topological polar surface area (TPSA) is 58.3 Å². The molecule has 3 heteroatoms. The molecule has 2 aliphatic rings. The third-order valence-corrected chi connectivity index (χ3v) is 2.77. The van der Waals surface area contributed by atoms with Crippen molar-refractivity contribution in [3.8, 4) is 0 Å². The van der Waals surface area contributed by atoms with Crippen molar-refractivity contribution in [1.82, 2.24) is 5.32 Å². The second kappa shape index (κ2) is 1.94. The van der Waals surface area contributed by atoms with Gasteiger partial charge in [-0.25, -0.2) is 0 Å². The zero-order valence-electron chi connectivity index (χ0n) is 6.01. The van der Waals surface area contributed by atoms with E-state index in [0.29, 0.717) is 5.92 Å². The summed E-state index contributed by atoms with van der Waals surface area (Å²) in [6.07, 6.45) is 1.61. The van der Waals surface area contributed by atoms with Crippen molar-refractivity contribution in [2.75, 3.05) is 13.1 Å². The lowest BCUT2D eigenvalue weighted by atomic mass is 9.66. The average Bonchev–Trinajstić information content (AvgIpc) is 1.54. The molecule has 1 saturated carbocycles. The van der Waals surface area contributed by atoms with Crippen LogP contribution in [0.2, 0.25) is 0 Å². The summed E-state index contributed by atoms with van der Waals surface area (Å²) >= 11 is 0. The molecule has 0 atom stereocenters. The monoisotopic (exact) mass is 142 g/mol. The largest absolute Gasteiger partial charge is 0.389 e. The van der Waals surface area contributed by atoms with E-state index in [1.807, 2.05) is 0 Å². The Bertz CT molecular complexity index is 139. The molecule has 0 spiro atoms. The van der Waals surface area contributed by atoms with Gasteiger partial charge in [-0.2, -0.15) is 0 Å². The molecule has 0 radical (unpaired) electrons. The van der Waals surface area contributed by atoms with Crippen molar-refractivity contribution in [3.05, 3.63) is 0 Å². The van der Waals surface area contributed by atoms with Crippen LogP contribution >= 0.6 is 0 Å². The Morgan fingerprint density at radius 2 is 2.00 bits per heavy atom. The first-order valence-corrected chi connectivity index (χ1v) is 3.89. The summed E-state index contributed by atoms with van der Waals surface area (Å²) < 4.78 is 0. The Morgan fingerprint density at radius 3 is 2.30 bits per heavy atom. The Balaban J connectivity index is 1.91. The van der Waals surface area contributed by atoms with Gasteiger partial charge in [0.05, 0.1) is 5.60 Å². The quantitative estimate of drug-likeness (QED) is 0.443. The summed E-state index contributed by atoms with van der Waals surface area (Å²) in [6, 6.07) is 0.255. The van der Waals surface area contributed by atoms with Crippen molar-refractivity contribution in [1.29, 1.82) is 0 Å². The van der Waals surface area contributed by atoms with Gasteiger partial charge >= 0.3 is 0 Å².